The lowest BCUT2D eigenvalue weighted by atomic mass is 10.3. The fourth-order valence-electron chi connectivity index (χ4n) is 2.24. The monoisotopic (exact) mass is 397 g/mol. The molecule has 8 nitrogen and oxygen atoms in total. The van der Waals surface area contributed by atoms with Gasteiger partial charge in [-0.3, -0.25) is 4.79 Å². The molecule has 0 unspecified atom stereocenters. The average molecular weight is 397 g/mol. The van der Waals surface area contributed by atoms with Crippen LogP contribution in [0.15, 0.2) is 56.7 Å². The van der Waals surface area contributed by atoms with Gasteiger partial charge in [-0.1, -0.05) is 0 Å². The summed E-state index contributed by atoms with van der Waals surface area (Å²) in [5.41, 5.74) is 0.424. The molecule has 1 aliphatic rings. The van der Waals surface area contributed by atoms with Crippen LogP contribution in [-0.4, -0.2) is 34.8 Å². The Morgan fingerprint density at radius 3 is 2.54 bits per heavy atom. The Kier molecular flexibility index (Phi) is 4.50. The summed E-state index contributed by atoms with van der Waals surface area (Å²) < 4.78 is 64.7. The van der Waals surface area contributed by atoms with Gasteiger partial charge in [0, 0.05) is 5.69 Å². The third-order valence-electron chi connectivity index (χ3n) is 3.45. The number of halogens is 1. The van der Waals surface area contributed by atoms with Crippen molar-refractivity contribution in [2.75, 3.05) is 16.4 Å². The Balaban J connectivity index is 1.83. The highest BCUT2D eigenvalue weighted by Crippen LogP contribution is 2.28. The van der Waals surface area contributed by atoms with E-state index in [1.54, 1.807) is 0 Å². The van der Waals surface area contributed by atoms with Gasteiger partial charge in [-0.2, -0.15) is 8.42 Å². The molecule has 11 heteroatoms. The zero-order valence-corrected chi connectivity index (χ0v) is 14.6. The quantitative estimate of drug-likeness (QED) is 0.804. The van der Waals surface area contributed by atoms with Crippen molar-refractivity contribution in [1.29, 1.82) is 0 Å². The minimum Gasteiger partial charge on any atom is -0.345 e. The van der Waals surface area contributed by atoms with E-state index in [1.807, 2.05) is 0 Å². The van der Waals surface area contributed by atoms with Crippen LogP contribution < -0.4 is 10.6 Å². The molecule has 136 valence electrons. The van der Waals surface area contributed by atoms with Crippen molar-refractivity contribution >= 4 is 43.5 Å². The van der Waals surface area contributed by atoms with Crippen LogP contribution in [0.4, 0.5) is 15.8 Å². The number of carbonyl (C=O) groups is 1. The van der Waals surface area contributed by atoms with Crippen LogP contribution in [0.5, 0.6) is 0 Å². The number of anilines is 2. The maximum absolute atomic E-state index is 12.8. The largest absolute Gasteiger partial charge is 0.345 e. The predicted octanol–water partition coefficient (Wildman–Crippen LogP) is 1.38. The summed E-state index contributed by atoms with van der Waals surface area (Å²) in [6.45, 7) is 0. The minimum atomic E-state index is -4.10. The molecule has 0 spiro atoms. The Labute approximate surface area is 148 Å². The molecule has 2 aromatic carbocycles. The van der Waals surface area contributed by atoms with E-state index in [1.165, 1.54) is 24.3 Å². The normalized spacial score (nSPS) is 15.0. The molecule has 0 bridgehead atoms. The number of carbonyl (C=O) groups excluding carboxylic acids is 1. The molecular formula is C15H12FN3O5S2. The van der Waals surface area contributed by atoms with E-state index in [-0.39, 0.29) is 21.2 Å². The lowest BCUT2D eigenvalue weighted by molar-refractivity contribution is -0.113. The molecule has 0 radical (unpaired) electrons. The fraction of sp³-hybridized carbons (Fsp3) is 0.0667. The first-order valence-electron chi connectivity index (χ1n) is 7.15. The molecule has 0 aliphatic carbocycles. The Morgan fingerprint density at radius 1 is 1.15 bits per heavy atom. The molecule has 1 aliphatic heterocycles. The summed E-state index contributed by atoms with van der Waals surface area (Å²) in [5, 5.41) is 4.93. The maximum atomic E-state index is 12.8. The first-order valence-corrected chi connectivity index (χ1v) is 10.2. The lowest BCUT2D eigenvalue weighted by Crippen LogP contribution is -2.23. The van der Waals surface area contributed by atoms with Gasteiger partial charge in [0.05, 0.1) is 10.6 Å². The van der Waals surface area contributed by atoms with E-state index >= 15 is 0 Å². The standard InChI is InChI=1S/C15H12FN3O5S2/c16-10-1-3-11(4-2-10)19-15(20)8-25(21,22)12-5-6-13-14(7-12)26(23,24)18-9-17-13/h1-7,9H,8H2,(H,17,18)(H,19,20). The number of amides is 1. The second-order valence-corrected chi connectivity index (χ2v) is 8.92. The number of sulfonamides is 1. The third kappa shape index (κ3) is 3.73. The van der Waals surface area contributed by atoms with Crippen LogP contribution in [0, 0.1) is 5.82 Å². The number of benzene rings is 2. The van der Waals surface area contributed by atoms with Gasteiger partial charge < -0.3 is 10.6 Å². The SMILES string of the molecule is O=C(CS(=O)(=O)c1ccc2c(c1)S(=O)(=O)N=CN2)Nc1ccc(F)cc1. The zero-order chi connectivity index (χ0) is 18.9. The molecule has 2 aromatic rings. The van der Waals surface area contributed by atoms with E-state index in [9.17, 15) is 26.0 Å². The smallest absolute Gasteiger partial charge is 0.285 e. The summed E-state index contributed by atoms with van der Waals surface area (Å²) in [7, 11) is -8.10. The van der Waals surface area contributed by atoms with Crippen molar-refractivity contribution in [1.82, 2.24) is 0 Å². The molecule has 0 saturated heterocycles. The van der Waals surface area contributed by atoms with Crippen molar-refractivity contribution in [3.05, 3.63) is 48.3 Å². The molecular weight excluding hydrogens is 385 g/mol. The average Bonchev–Trinajstić information content (AvgIpc) is 2.56. The van der Waals surface area contributed by atoms with Gasteiger partial charge in [0.15, 0.2) is 9.84 Å². The van der Waals surface area contributed by atoms with Gasteiger partial charge in [-0.25, -0.2) is 12.8 Å². The fourth-order valence-corrected chi connectivity index (χ4v) is 4.45. The Bertz CT molecular complexity index is 1110. The van der Waals surface area contributed by atoms with Crippen LogP contribution in [0.2, 0.25) is 0 Å². The topological polar surface area (TPSA) is 122 Å². The molecule has 0 saturated carbocycles. The Morgan fingerprint density at radius 2 is 1.85 bits per heavy atom. The van der Waals surface area contributed by atoms with Crippen molar-refractivity contribution in [2.24, 2.45) is 4.40 Å². The van der Waals surface area contributed by atoms with Crippen LogP contribution in [-0.2, 0) is 24.7 Å². The first-order chi connectivity index (χ1) is 12.2. The summed E-state index contributed by atoms with van der Waals surface area (Å²) in [6.07, 6.45) is 0.988. The van der Waals surface area contributed by atoms with Crippen LogP contribution in [0.25, 0.3) is 0 Å². The zero-order valence-electron chi connectivity index (χ0n) is 13.0. The van der Waals surface area contributed by atoms with Crippen molar-refractivity contribution in [3.8, 4) is 0 Å². The minimum absolute atomic E-state index is 0.190. The van der Waals surface area contributed by atoms with Crippen molar-refractivity contribution in [3.63, 3.8) is 0 Å². The van der Waals surface area contributed by atoms with Gasteiger partial charge >= 0.3 is 0 Å². The van der Waals surface area contributed by atoms with Gasteiger partial charge in [-0.15, -0.1) is 4.40 Å². The first kappa shape index (κ1) is 18.0. The highest BCUT2D eigenvalue weighted by Gasteiger charge is 2.26. The van der Waals surface area contributed by atoms with Crippen LogP contribution >= 0.6 is 0 Å². The molecule has 3 rings (SSSR count). The van der Waals surface area contributed by atoms with E-state index < -0.39 is 37.3 Å². The van der Waals surface area contributed by atoms with E-state index in [4.69, 9.17) is 0 Å². The lowest BCUT2D eigenvalue weighted by Gasteiger charge is -2.13. The second-order valence-electron chi connectivity index (χ2n) is 5.33. The van der Waals surface area contributed by atoms with Gasteiger partial charge in [0.1, 0.15) is 22.8 Å². The third-order valence-corrected chi connectivity index (χ3v) is 6.34. The van der Waals surface area contributed by atoms with Crippen LogP contribution in [0.3, 0.4) is 0 Å². The predicted molar refractivity (Wildman–Crippen MR) is 92.8 cm³/mol. The highest BCUT2D eigenvalue weighted by molar-refractivity contribution is 7.92. The number of rotatable bonds is 4. The number of fused-ring (bicyclic) bond motifs is 1. The summed E-state index contributed by atoms with van der Waals surface area (Å²) >= 11 is 0. The van der Waals surface area contributed by atoms with Gasteiger partial charge in [-0.05, 0) is 42.5 Å². The second kappa shape index (κ2) is 6.50. The number of sulfone groups is 1. The molecule has 0 atom stereocenters. The molecule has 0 fully saturated rings. The van der Waals surface area contributed by atoms with E-state index in [0.717, 1.165) is 24.5 Å². The molecule has 26 heavy (non-hydrogen) atoms. The van der Waals surface area contributed by atoms with E-state index in [2.05, 4.69) is 15.0 Å². The number of hydrogen-bond acceptors (Lipinski definition) is 6. The molecule has 0 aromatic heterocycles. The van der Waals surface area contributed by atoms with Gasteiger partial charge in [0.2, 0.25) is 5.91 Å². The molecule has 1 amide bonds. The Hall–Kier alpha value is -2.79. The van der Waals surface area contributed by atoms with Crippen LogP contribution in [0.1, 0.15) is 0 Å². The van der Waals surface area contributed by atoms with Crippen molar-refractivity contribution in [2.45, 2.75) is 9.79 Å². The molecule has 1 heterocycles. The summed E-state index contributed by atoms with van der Waals surface area (Å²) in [4.78, 5) is 11.3. The molecule has 2 N–H and O–H groups in total. The summed E-state index contributed by atoms with van der Waals surface area (Å²) in [6, 6.07) is 8.24. The van der Waals surface area contributed by atoms with Gasteiger partial charge in [0.25, 0.3) is 10.0 Å². The van der Waals surface area contributed by atoms with Crippen molar-refractivity contribution < 1.29 is 26.0 Å². The number of nitrogens with zero attached hydrogens (tertiary/aromatic N) is 1. The summed E-state index contributed by atoms with van der Waals surface area (Å²) in [5.74, 6) is -2.24. The maximum Gasteiger partial charge on any atom is 0.285 e. The highest BCUT2D eigenvalue weighted by atomic mass is 32.2. The number of nitrogens with one attached hydrogen (secondary N) is 2. The van der Waals surface area contributed by atoms with E-state index in [0.29, 0.717) is 0 Å². The number of hydrogen-bond donors (Lipinski definition) is 2.